The predicted octanol–water partition coefficient (Wildman–Crippen LogP) is 4.07. The molecular formula is C10H18INS. The van der Waals surface area contributed by atoms with E-state index in [1.54, 1.807) is 9.12 Å². The van der Waals surface area contributed by atoms with Crippen LogP contribution in [-0.2, 0) is 0 Å². The lowest BCUT2D eigenvalue weighted by Gasteiger charge is -2.16. The molecule has 0 unspecified atom stereocenters. The van der Waals surface area contributed by atoms with E-state index in [2.05, 4.69) is 52.0 Å². The lowest BCUT2D eigenvalue weighted by atomic mass is 10.1. The van der Waals surface area contributed by atoms with Crippen molar-refractivity contribution in [2.24, 2.45) is 5.92 Å². The lowest BCUT2D eigenvalue weighted by Crippen LogP contribution is -2.16. The van der Waals surface area contributed by atoms with E-state index in [1.165, 1.54) is 6.42 Å². The minimum absolute atomic E-state index is 0.787. The van der Waals surface area contributed by atoms with Gasteiger partial charge in [-0.1, -0.05) is 38.7 Å². The first-order chi connectivity index (χ1) is 6.20. The summed E-state index contributed by atoms with van der Waals surface area (Å²) in [6, 6.07) is 0. The summed E-state index contributed by atoms with van der Waals surface area (Å²) < 4.78 is 2.35. The zero-order chi connectivity index (χ0) is 10.1. The molecule has 0 radical (unpaired) electrons. The fourth-order valence-corrected chi connectivity index (χ4v) is 2.22. The van der Waals surface area contributed by atoms with Crippen molar-refractivity contribution in [3.63, 3.8) is 0 Å². The molecule has 0 N–H and O–H groups in total. The molecule has 0 rings (SSSR count). The first-order valence-electron chi connectivity index (χ1n) is 4.52. The molecule has 0 aromatic heterocycles. The third kappa shape index (κ3) is 8.84. The second-order valence-electron chi connectivity index (χ2n) is 3.30. The summed E-state index contributed by atoms with van der Waals surface area (Å²) in [5, 5.41) is 0. The highest BCUT2D eigenvalue weighted by molar-refractivity contribution is 14.2. The van der Waals surface area contributed by atoms with Gasteiger partial charge in [-0.3, -0.25) is 0 Å². The van der Waals surface area contributed by atoms with Crippen molar-refractivity contribution < 1.29 is 0 Å². The van der Waals surface area contributed by atoms with Gasteiger partial charge < -0.3 is 0 Å². The Morgan fingerprint density at radius 2 is 2.23 bits per heavy atom. The first-order valence-corrected chi connectivity index (χ1v) is 7.83. The van der Waals surface area contributed by atoms with E-state index in [4.69, 9.17) is 0 Å². The van der Waals surface area contributed by atoms with Crippen molar-refractivity contribution in [2.45, 2.75) is 20.3 Å². The van der Waals surface area contributed by atoms with E-state index >= 15 is 0 Å². The standard InChI is InChI=1S/C10H18INS/c1-4-5-6-8-12(13-11)9-7-10(2)3/h4-6,10H,1,7-9H2,2-3H3/b6-5+. The second kappa shape index (κ2) is 9.09. The van der Waals surface area contributed by atoms with Crippen LogP contribution in [0, 0.1) is 5.92 Å². The van der Waals surface area contributed by atoms with Crippen molar-refractivity contribution in [1.29, 1.82) is 0 Å². The molecule has 0 aromatic carbocycles. The number of allylic oxidation sites excluding steroid dienone is 2. The van der Waals surface area contributed by atoms with Crippen LogP contribution in [0.3, 0.4) is 0 Å². The molecule has 0 heterocycles. The smallest absolute Gasteiger partial charge is 0.0280 e. The molecule has 13 heavy (non-hydrogen) atoms. The Kier molecular flexibility index (Phi) is 9.45. The molecule has 1 nitrogen and oxygen atoms in total. The van der Waals surface area contributed by atoms with Crippen LogP contribution >= 0.6 is 30.3 Å². The van der Waals surface area contributed by atoms with E-state index in [0.717, 1.165) is 19.0 Å². The van der Waals surface area contributed by atoms with Crippen molar-refractivity contribution in [3.8, 4) is 0 Å². The third-order valence-corrected chi connectivity index (χ3v) is 3.83. The van der Waals surface area contributed by atoms with Gasteiger partial charge in [0.15, 0.2) is 0 Å². The summed E-state index contributed by atoms with van der Waals surface area (Å²) in [4.78, 5) is 0. The molecule has 0 atom stereocenters. The highest BCUT2D eigenvalue weighted by Gasteiger charge is 2.02. The van der Waals surface area contributed by atoms with Gasteiger partial charge in [-0.2, -0.15) is 0 Å². The molecule has 0 saturated heterocycles. The summed E-state index contributed by atoms with van der Waals surface area (Å²) >= 11 is 2.33. The Morgan fingerprint density at radius 3 is 2.69 bits per heavy atom. The minimum Gasteiger partial charge on any atom is -0.238 e. The summed E-state index contributed by atoms with van der Waals surface area (Å²) in [7, 11) is 1.78. The van der Waals surface area contributed by atoms with Crippen LogP contribution in [-0.4, -0.2) is 17.4 Å². The van der Waals surface area contributed by atoms with Crippen LogP contribution in [0.1, 0.15) is 20.3 Å². The number of nitrogens with zero attached hydrogens (tertiary/aromatic N) is 1. The first kappa shape index (κ1) is 13.5. The van der Waals surface area contributed by atoms with Gasteiger partial charge in [-0.25, -0.2) is 4.31 Å². The van der Waals surface area contributed by atoms with Crippen LogP contribution in [0.25, 0.3) is 0 Å². The predicted molar refractivity (Wildman–Crippen MR) is 72.0 cm³/mol. The van der Waals surface area contributed by atoms with Crippen molar-refractivity contribution in [2.75, 3.05) is 13.1 Å². The fourth-order valence-electron chi connectivity index (χ4n) is 0.831. The topological polar surface area (TPSA) is 3.24 Å². The van der Waals surface area contributed by atoms with Crippen molar-refractivity contribution in [3.05, 3.63) is 24.8 Å². The van der Waals surface area contributed by atoms with E-state index < -0.39 is 0 Å². The van der Waals surface area contributed by atoms with Gasteiger partial charge >= 0.3 is 0 Å². The van der Waals surface area contributed by atoms with Gasteiger partial charge in [0.25, 0.3) is 0 Å². The van der Waals surface area contributed by atoms with Crippen molar-refractivity contribution in [1.82, 2.24) is 4.31 Å². The fraction of sp³-hybridized carbons (Fsp3) is 0.600. The molecule has 3 heteroatoms. The van der Waals surface area contributed by atoms with E-state index in [-0.39, 0.29) is 0 Å². The molecule has 0 bridgehead atoms. The Labute approximate surface area is 98.4 Å². The number of rotatable bonds is 7. The molecule has 0 amide bonds. The van der Waals surface area contributed by atoms with Gasteiger partial charge in [0.2, 0.25) is 0 Å². The van der Waals surface area contributed by atoms with Crippen LogP contribution < -0.4 is 0 Å². The molecule has 0 fully saturated rings. The maximum Gasteiger partial charge on any atom is 0.0280 e. The van der Waals surface area contributed by atoms with Gasteiger partial charge in [0.1, 0.15) is 0 Å². The molecular weight excluding hydrogens is 293 g/mol. The van der Waals surface area contributed by atoms with Crippen LogP contribution in [0.5, 0.6) is 0 Å². The van der Waals surface area contributed by atoms with Crippen molar-refractivity contribution >= 4 is 30.3 Å². The Hall–Kier alpha value is 0.520. The van der Waals surface area contributed by atoms with Gasteiger partial charge in [-0.05, 0) is 21.5 Å². The molecule has 76 valence electrons. The normalized spacial score (nSPS) is 11.8. The third-order valence-electron chi connectivity index (χ3n) is 1.63. The summed E-state index contributed by atoms with van der Waals surface area (Å²) in [6.07, 6.45) is 7.21. The number of halogens is 1. The zero-order valence-electron chi connectivity index (χ0n) is 8.37. The van der Waals surface area contributed by atoms with E-state index in [1.807, 2.05) is 12.2 Å². The molecule has 0 saturated carbocycles. The monoisotopic (exact) mass is 311 g/mol. The molecule has 0 spiro atoms. The highest BCUT2D eigenvalue weighted by atomic mass is 127. The SMILES string of the molecule is C=C/C=C/CN(CCC(C)C)SI. The maximum atomic E-state index is 3.64. The highest BCUT2D eigenvalue weighted by Crippen LogP contribution is 2.19. The molecule has 0 aliphatic rings. The van der Waals surface area contributed by atoms with Crippen LogP contribution in [0.2, 0.25) is 0 Å². The summed E-state index contributed by atoms with van der Waals surface area (Å²) in [5.74, 6) is 0.787. The zero-order valence-corrected chi connectivity index (χ0v) is 11.3. The van der Waals surface area contributed by atoms with Crippen LogP contribution in [0.4, 0.5) is 0 Å². The number of hydrogen-bond acceptors (Lipinski definition) is 2. The average Bonchev–Trinajstić information content (AvgIpc) is 2.10. The number of hydrogen-bond donors (Lipinski definition) is 0. The summed E-state index contributed by atoms with van der Waals surface area (Å²) in [5.41, 5.74) is 0. The molecule has 0 aromatic rings. The second-order valence-corrected chi connectivity index (χ2v) is 5.14. The van der Waals surface area contributed by atoms with Gasteiger partial charge in [0, 0.05) is 34.3 Å². The average molecular weight is 311 g/mol. The lowest BCUT2D eigenvalue weighted by molar-refractivity contribution is 0.451. The quantitative estimate of drug-likeness (QED) is 0.396. The van der Waals surface area contributed by atoms with Crippen LogP contribution in [0.15, 0.2) is 24.8 Å². The van der Waals surface area contributed by atoms with E-state index in [9.17, 15) is 0 Å². The Balaban J connectivity index is 3.62. The Morgan fingerprint density at radius 1 is 1.54 bits per heavy atom. The van der Waals surface area contributed by atoms with Gasteiger partial charge in [-0.15, -0.1) is 0 Å². The molecule has 0 aliphatic heterocycles. The summed E-state index contributed by atoms with van der Waals surface area (Å²) in [6.45, 7) is 10.3. The van der Waals surface area contributed by atoms with E-state index in [0.29, 0.717) is 0 Å². The largest absolute Gasteiger partial charge is 0.238 e. The van der Waals surface area contributed by atoms with Gasteiger partial charge in [0.05, 0.1) is 0 Å². The Bertz CT molecular complexity index is 157. The maximum absolute atomic E-state index is 3.64. The minimum atomic E-state index is 0.787. The molecule has 0 aliphatic carbocycles.